The van der Waals surface area contributed by atoms with Crippen molar-refractivity contribution < 1.29 is 38.3 Å². The van der Waals surface area contributed by atoms with Crippen molar-refractivity contribution in [3.63, 3.8) is 0 Å². The monoisotopic (exact) mass is 829 g/mol. The van der Waals surface area contributed by atoms with Crippen LogP contribution in [0.25, 0.3) is 0 Å². The molecule has 61 heavy (non-hydrogen) atoms. The van der Waals surface area contributed by atoms with Crippen LogP contribution in [0.2, 0.25) is 0 Å². The number of aromatic amines is 1. The molecule has 318 valence electrons. The molecule has 1 aliphatic carbocycles. The Morgan fingerprint density at radius 2 is 1.64 bits per heavy atom. The van der Waals surface area contributed by atoms with E-state index in [9.17, 15) is 33.6 Å². The van der Waals surface area contributed by atoms with E-state index in [4.69, 9.17) is 4.74 Å². The van der Waals surface area contributed by atoms with Gasteiger partial charge in [0.1, 0.15) is 5.78 Å². The predicted molar refractivity (Wildman–Crippen MR) is 225 cm³/mol. The minimum atomic E-state index is -0.911. The first-order valence-corrected chi connectivity index (χ1v) is 20.7. The van der Waals surface area contributed by atoms with Crippen molar-refractivity contribution >= 4 is 46.9 Å². The topological polar surface area (TPSA) is 191 Å². The second-order valence-corrected chi connectivity index (χ2v) is 16.6. The van der Waals surface area contributed by atoms with E-state index in [2.05, 4.69) is 20.8 Å². The predicted octanol–water partition coefficient (Wildman–Crippen LogP) is 5.62. The van der Waals surface area contributed by atoms with Gasteiger partial charge in [-0.25, -0.2) is 4.79 Å². The van der Waals surface area contributed by atoms with Crippen LogP contribution in [-0.2, 0) is 32.8 Å². The molecule has 1 saturated carbocycles. The molecule has 0 bridgehead atoms. The summed E-state index contributed by atoms with van der Waals surface area (Å²) in [5.74, 6) is -1.72. The molecule has 2 atom stereocenters. The molecule has 1 unspecified atom stereocenters. The zero-order valence-corrected chi connectivity index (χ0v) is 34.9. The van der Waals surface area contributed by atoms with Crippen molar-refractivity contribution in [3.05, 3.63) is 117 Å². The van der Waals surface area contributed by atoms with Crippen molar-refractivity contribution in [1.82, 2.24) is 30.2 Å². The van der Waals surface area contributed by atoms with Gasteiger partial charge in [-0.1, -0.05) is 54.6 Å². The fourth-order valence-electron chi connectivity index (χ4n) is 8.39. The van der Waals surface area contributed by atoms with Crippen LogP contribution >= 0.6 is 0 Å². The number of nitrogens with one attached hydrogen (secondary N) is 3. The quantitative estimate of drug-likeness (QED) is 0.0553. The molecule has 3 heterocycles. The minimum Gasteiger partial charge on any atom is -0.381 e. The number of nitrogens with zero attached hydrogens (tertiary/aromatic N) is 4. The van der Waals surface area contributed by atoms with Crippen LogP contribution in [0.4, 0.5) is 10.6 Å². The van der Waals surface area contributed by atoms with E-state index < -0.39 is 35.1 Å². The van der Waals surface area contributed by atoms with Crippen molar-refractivity contribution in [1.29, 1.82) is 0 Å². The van der Waals surface area contributed by atoms with E-state index >= 15 is 0 Å². The van der Waals surface area contributed by atoms with Gasteiger partial charge < -0.3 is 25.2 Å². The van der Waals surface area contributed by atoms with E-state index in [1.165, 1.54) is 0 Å². The molecule has 0 saturated heterocycles. The Bertz CT molecular complexity index is 2350. The second kappa shape index (κ2) is 18.1. The van der Waals surface area contributed by atoms with E-state index in [0.717, 1.165) is 21.7 Å². The maximum Gasteiger partial charge on any atom is 0.319 e. The van der Waals surface area contributed by atoms with Crippen molar-refractivity contribution in [2.24, 2.45) is 0 Å². The number of imide groups is 1. The number of carbonyl (C=O) groups excluding carboxylic acids is 7. The maximum atomic E-state index is 13.7. The number of ether oxygens (including phenoxy) is 1. The van der Waals surface area contributed by atoms with Gasteiger partial charge >= 0.3 is 6.03 Å². The molecular formula is C46H51N7O8. The lowest BCUT2D eigenvalue weighted by Crippen LogP contribution is -2.48. The van der Waals surface area contributed by atoms with E-state index in [0.29, 0.717) is 67.1 Å². The number of amides is 5. The van der Waals surface area contributed by atoms with Crippen molar-refractivity contribution in [2.75, 3.05) is 39.2 Å². The third-order valence-electron chi connectivity index (χ3n) is 11.7. The number of benzene rings is 3. The van der Waals surface area contributed by atoms with Crippen LogP contribution < -0.4 is 10.6 Å². The normalized spacial score (nSPS) is 17.4. The number of hydrogen-bond acceptors (Lipinski definition) is 10. The highest BCUT2D eigenvalue weighted by Crippen LogP contribution is 2.41. The maximum absolute atomic E-state index is 13.7. The van der Waals surface area contributed by atoms with Crippen molar-refractivity contribution in [3.8, 4) is 0 Å². The summed E-state index contributed by atoms with van der Waals surface area (Å²) in [5, 5.41) is 13.5. The number of ketones is 3. The van der Waals surface area contributed by atoms with Crippen LogP contribution in [0.5, 0.6) is 0 Å². The van der Waals surface area contributed by atoms with E-state index in [1.807, 2.05) is 63.2 Å². The van der Waals surface area contributed by atoms with E-state index in [1.54, 1.807) is 47.4 Å². The first-order chi connectivity index (χ1) is 29.2. The number of aromatic nitrogens is 2. The average molecular weight is 830 g/mol. The van der Waals surface area contributed by atoms with Gasteiger partial charge in [-0.2, -0.15) is 5.10 Å². The van der Waals surface area contributed by atoms with E-state index in [-0.39, 0.29) is 61.4 Å². The number of Topliss-reactive ketones (excluding diaryl/α,β-unsaturated/α-hetero) is 3. The lowest BCUT2D eigenvalue weighted by Gasteiger charge is -2.34. The third-order valence-corrected chi connectivity index (χ3v) is 11.7. The molecule has 4 aromatic rings. The molecule has 3 N–H and O–H groups in total. The molecule has 0 spiro atoms. The number of urea groups is 1. The largest absolute Gasteiger partial charge is 0.381 e. The summed E-state index contributed by atoms with van der Waals surface area (Å²) in [4.78, 5) is 95.5. The first kappa shape index (κ1) is 42.8. The Labute approximate surface area is 354 Å². The van der Waals surface area contributed by atoms with Gasteiger partial charge in [-0.05, 0) is 83.0 Å². The summed E-state index contributed by atoms with van der Waals surface area (Å²) in [5.41, 5.74) is 3.83. The summed E-state index contributed by atoms with van der Waals surface area (Å²) in [6.45, 7) is 5.45. The van der Waals surface area contributed by atoms with Crippen LogP contribution in [0.1, 0.15) is 122 Å². The van der Waals surface area contributed by atoms with Gasteiger partial charge in [0, 0.05) is 49.3 Å². The van der Waals surface area contributed by atoms with Gasteiger partial charge in [0.15, 0.2) is 17.4 Å². The molecule has 1 aromatic heterocycles. The van der Waals surface area contributed by atoms with Gasteiger partial charge in [-0.15, -0.1) is 0 Å². The molecule has 15 heteroatoms. The Morgan fingerprint density at radius 1 is 0.918 bits per heavy atom. The van der Waals surface area contributed by atoms with Gasteiger partial charge in [0.2, 0.25) is 0 Å². The zero-order valence-electron chi connectivity index (χ0n) is 34.9. The summed E-state index contributed by atoms with van der Waals surface area (Å²) < 4.78 is 5.78. The Balaban J connectivity index is 0.854. The zero-order chi connectivity index (χ0) is 43.4. The van der Waals surface area contributed by atoms with Gasteiger partial charge in [0.05, 0.1) is 47.4 Å². The molecule has 3 aromatic carbocycles. The van der Waals surface area contributed by atoms with Crippen LogP contribution in [0, 0.1) is 0 Å². The number of rotatable bonds is 16. The highest BCUT2D eigenvalue weighted by Gasteiger charge is 2.46. The molecule has 7 rings (SSSR count). The number of aryl methyl sites for hydroxylation is 1. The first-order valence-electron chi connectivity index (χ1n) is 20.7. The summed E-state index contributed by atoms with van der Waals surface area (Å²) in [6, 6.07) is 20.0. The lowest BCUT2D eigenvalue weighted by molar-refractivity contribution is -0.132. The Morgan fingerprint density at radius 3 is 2.36 bits per heavy atom. The smallest absolute Gasteiger partial charge is 0.319 e. The number of anilines is 1. The van der Waals surface area contributed by atoms with Crippen LogP contribution in [0.3, 0.4) is 0 Å². The number of carbonyl (C=O) groups is 7. The lowest BCUT2D eigenvalue weighted by atomic mass is 9.92. The summed E-state index contributed by atoms with van der Waals surface area (Å²) in [7, 11) is 3.92. The molecular weight excluding hydrogens is 779 g/mol. The third kappa shape index (κ3) is 9.08. The fraction of sp³-hybridized carbons (Fsp3) is 0.391. The van der Waals surface area contributed by atoms with Crippen LogP contribution in [-0.4, -0.2) is 106 Å². The molecule has 3 aliphatic rings. The SMILES string of the molecule is CN(C)C[C@@H](NC(=O)N1Cc2c(NC(=O)c3ccc(C(=O)CCCOCCCc4cccc5c4C(=O)N(C4CCC(=O)CC4=O)C5=O)cc3)n[nH]c2C1(C)C)c1ccccc1. The standard InChI is InChI=1S/C46H51N7O8/c1-46(2)40-34(26-52(46)45(60)47-35(27-51(3)4)28-11-6-5-7-12-28)41(50-49-40)48-42(57)31-19-17-29(18-20-31)37(55)16-10-24-61-23-9-14-30-13-8-15-33-39(30)44(59)53(43(33)58)36-22-21-32(54)25-38(36)56/h5-8,11-13,15,17-20,35-36H,9-10,14,16,21-27H2,1-4H3,(H,47,60)(H2,48,49,50,57)/t35-,36?/m1/s1. The van der Waals surface area contributed by atoms with Gasteiger partial charge in [-0.3, -0.25) is 38.8 Å². The number of hydrogen-bond donors (Lipinski definition) is 3. The number of H-pyrrole nitrogens is 1. The molecule has 5 amide bonds. The number of likely N-dealkylation sites (N-methyl/N-ethyl adjacent to an activating group) is 1. The fourth-order valence-corrected chi connectivity index (χ4v) is 8.39. The summed E-state index contributed by atoms with van der Waals surface area (Å²) >= 11 is 0. The van der Waals surface area contributed by atoms with Crippen LogP contribution in [0.15, 0.2) is 72.8 Å². The molecule has 15 nitrogen and oxygen atoms in total. The summed E-state index contributed by atoms with van der Waals surface area (Å²) in [6.07, 6.45) is 1.85. The Kier molecular flexibility index (Phi) is 12.7. The molecule has 1 fully saturated rings. The Hall–Kier alpha value is -6.32. The highest BCUT2D eigenvalue weighted by atomic mass is 16.5. The van der Waals surface area contributed by atoms with Crippen molar-refractivity contribution in [2.45, 2.75) is 83.0 Å². The highest BCUT2D eigenvalue weighted by molar-refractivity contribution is 6.24. The number of fused-ring (bicyclic) bond motifs is 2. The molecule has 2 aliphatic heterocycles. The van der Waals surface area contributed by atoms with Gasteiger partial charge in [0.25, 0.3) is 17.7 Å². The average Bonchev–Trinajstić information content (AvgIpc) is 3.85. The second-order valence-electron chi connectivity index (χ2n) is 16.6. The minimum absolute atomic E-state index is 0.0882. The molecule has 0 radical (unpaired) electrons.